The Balaban J connectivity index is 1.83. The summed E-state index contributed by atoms with van der Waals surface area (Å²) in [6, 6.07) is 9.25. The zero-order chi connectivity index (χ0) is 16.9. The lowest BCUT2D eigenvalue weighted by atomic mass is 10.0. The van der Waals surface area contributed by atoms with Crippen LogP contribution in [-0.2, 0) is 25.9 Å². The van der Waals surface area contributed by atoms with Crippen molar-refractivity contribution in [1.29, 1.82) is 0 Å². The maximum atomic E-state index is 12.0. The molecule has 0 heterocycles. The van der Waals surface area contributed by atoms with E-state index >= 15 is 0 Å². The highest BCUT2D eigenvalue weighted by Crippen LogP contribution is 2.27. The van der Waals surface area contributed by atoms with Gasteiger partial charge >= 0.3 is 18.1 Å². The van der Waals surface area contributed by atoms with E-state index in [1.54, 1.807) is 0 Å². The second-order valence-electron chi connectivity index (χ2n) is 5.28. The molecule has 1 saturated carbocycles. The van der Waals surface area contributed by atoms with Gasteiger partial charge in [-0.2, -0.15) is 13.2 Å². The number of carbonyl (C=O) groups excluding carboxylic acids is 2. The Morgan fingerprint density at radius 3 is 2.48 bits per heavy atom. The first-order valence-electron chi connectivity index (χ1n) is 7.15. The third-order valence-corrected chi connectivity index (χ3v) is 3.66. The van der Waals surface area contributed by atoms with Crippen LogP contribution in [-0.4, -0.2) is 24.2 Å². The van der Waals surface area contributed by atoms with E-state index in [2.05, 4.69) is 15.1 Å². The number of rotatable bonds is 4. The van der Waals surface area contributed by atoms with Crippen LogP contribution in [0.1, 0.15) is 24.8 Å². The molecule has 2 unspecified atom stereocenters. The van der Waals surface area contributed by atoms with Crippen LogP contribution in [0.4, 0.5) is 13.2 Å². The van der Waals surface area contributed by atoms with Gasteiger partial charge in [-0.05, 0) is 18.4 Å². The third-order valence-electron chi connectivity index (χ3n) is 3.66. The number of hydrogen-bond acceptors (Lipinski definition) is 5. The fourth-order valence-electron chi connectivity index (χ4n) is 2.52. The van der Waals surface area contributed by atoms with Gasteiger partial charge in [0.15, 0.2) is 0 Å². The smallest absolute Gasteiger partial charge is 0.309 e. The van der Waals surface area contributed by atoms with Gasteiger partial charge in [-0.1, -0.05) is 36.8 Å². The number of benzene rings is 1. The van der Waals surface area contributed by atoms with Gasteiger partial charge in [0.1, 0.15) is 0 Å². The van der Waals surface area contributed by atoms with Gasteiger partial charge < -0.3 is 5.32 Å². The molecule has 1 aliphatic carbocycles. The number of halogens is 3. The van der Waals surface area contributed by atoms with E-state index < -0.39 is 24.0 Å². The molecule has 2 rings (SSSR count). The quantitative estimate of drug-likeness (QED) is 0.678. The van der Waals surface area contributed by atoms with Crippen LogP contribution in [0.15, 0.2) is 30.3 Å². The average Bonchev–Trinajstić information content (AvgIpc) is 2.99. The SMILES string of the molecule is O=C(OOC(=O)C(F)(F)F)C1CCCC1NCc1ccccc1. The number of hydrogen-bond donors (Lipinski definition) is 1. The minimum absolute atomic E-state index is 0.229. The molecule has 0 bridgehead atoms. The summed E-state index contributed by atoms with van der Waals surface area (Å²) < 4.78 is 36.0. The molecule has 0 saturated heterocycles. The number of carbonyl (C=O) groups is 2. The van der Waals surface area contributed by atoms with E-state index in [1.807, 2.05) is 30.3 Å². The molecule has 126 valence electrons. The van der Waals surface area contributed by atoms with Gasteiger partial charge in [0.05, 0.1) is 5.92 Å². The molecule has 1 fully saturated rings. The van der Waals surface area contributed by atoms with Crippen molar-refractivity contribution in [2.24, 2.45) is 5.92 Å². The molecule has 0 radical (unpaired) electrons. The van der Waals surface area contributed by atoms with Gasteiger partial charge in [0.25, 0.3) is 0 Å². The second kappa shape index (κ2) is 7.45. The molecular weight excluding hydrogens is 315 g/mol. The molecule has 0 aliphatic heterocycles. The largest absolute Gasteiger partial charge is 0.495 e. The Bertz CT molecular complexity index is 547. The number of nitrogens with one attached hydrogen (secondary N) is 1. The molecule has 1 N–H and O–H groups in total. The summed E-state index contributed by atoms with van der Waals surface area (Å²) in [6.07, 6.45) is -3.30. The van der Waals surface area contributed by atoms with Crippen molar-refractivity contribution >= 4 is 11.9 Å². The summed E-state index contributed by atoms with van der Waals surface area (Å²) in [5.74, 6) is -4.15. The van der Waals surface area contributed by atoms with Crippen LogP contribution in [0, 0.1) is 5.92 Å². The molecule has 23 heavy (non-hydrogen) atoms. The monoisotopic (exact) mass is 331 g/mol. The molecule has 8 heteroatoms. The zero-order valence-electron chi connectivity index (χ0n) is 12.1. The fourth-order valence-corrected chi connectivity index (χ4v) is 2.52. The first-order chi connectivity index (χ1) is 10.9. The highest BCUT2D eigenvalue weighted by Gasteiger charge is 2.44. The van der Waals surface area contributed by atoms with E-state index in [-0.39, 0.29) is 6.04 Å². The van der Waals surface area contributed by atoms with E-state index in [0.717, 1.165) is 12.0 Å². The van der Waals surface area contributed by atoms with E-state index in [0.29, 0.717) is 19.4 Å². The summed E-state index contributed by atoms with van der Waals surface area (Å²) in [5.41, 5.74) is 1.02. The van der Waals surface area contributed by atoms with Crippen LogP contribution in [0.5, 0.6) is 0 Å². The minimum atomic E-state index is -5.19. The second-order valence-corrected chi connectivity index (χ2v) is 5.28. The molecule has 0 spiro atoms. The highest BCUT2D eigenvalue weighted by molar-refractivity contribution is 5.78. The highest BCUT2D eigenvalue weighted by atomic mass is 19.4. The first kappa shape index (κ1) is 17.3. The fraction of sp³-hybridized carbons (Fsp3) is 0.467. The topological polar surface area (TPSA) is 64.6 Å². The van der Waals surface area contributed by atoms with E-state index in [4.69, 9.17) is 0 Å². The Morgan fingerprint density at radius 2 is 1.83 bits per heavy atom. The van der Waals surface area contributed by atoms with Crippen molar-refractivity contribution in [2.45, 2.75) is 38.0 Å². The van der Waals surface area contributed by atoms with Gasteiger partial charge in [-0.15, -0.1) is 0 Å². The third kappa shape index (κ3) is 4.95. The van der Waals surface area contributed by atoms with Crippen molar-refractivity contribution in [3.63, 3.8) is 0 Å². The first-order valence-corrected chi connectivity index (χ1v) is 7.15. The Hall–Kier alpha value is -2.09. The van der Waals surface area contributed by atoms with Crippen molar-refractivity contribution in [1.82, 2.24) is 5.32 Å². The van der Waals surface area contributed by atoms with Crippen molar-refractivity contribution < 1.29 is 32.5 Å². The summed E-state index contributed by atoms with van der Waals surface area (Å²) in [7, 11) is 0. The van der Waals surface area contributed by atoms with E-state index in [1.165, 1.54) is 0 Å². The van der Waals surface area contributed by atoms with Crippen molar-refractivity contribution in [2.75, 3.05) is 0 Å². The van der Waals surface area contributed by atoms with Crippen LogP contribution in [0.2, 0.25) is 0 Å². The van der Waals surface area contributed by atoms with Gasteiger partial charge in [0.2, 0.25) is 0 Å². The summed E-state index contributed by atoms with van der Waals surface area (Å²) in [4.78, 5) is 29.9. The van der Waals surface area contributed by atoms with Crippen LogP contribution in [0.25, 0.3) is 0 Å². The standard InChI is InChI=1S/C15H16F3NO4/c16-15(17,18)14(21)23-22-13(20)11-7-4-8-12(11)19-9-10-5-2-1-3-6-10/h1-3,5-6,11-12,19H,4,7-9H2. The average molecular weight is 331 g/mol. The lowest BCUT2D eigenvalue weighted by Crippen LogP contribution is -2.37. The van der Waals surface area contributed by atoms with E-state index in [9.17, 15) is 22.8 Å². The maximum Gasteiger partial charge on any atom is 0.495 e. The lowest BCUT2D eigenvalue weighted by molar-refractivity contribution is -0.288. The summed E-state index contributed by atoms with van der Waals surface area (Å²) >= 11 is 0. The Labute approximate surface area is 130 Å². The maximum absolute atomic E-state index is 12.0. The molecule has 0 aromatic heterocycles. The Morgan fingerprint density at radius 1 is 1.13 bits per heavy atom. The predicted molar refractivity (Wildman–Crippen MR) is 72.6 cm³/mol. The van der Waals surface area contributed by atoms with Crippen LogP contribution >= 0.6 is 0 Å². The minimum Gasteiger partial charge on any atom is -0.309 e. The van der Waals surface area contributed by atoms with Gasteiger partial charge in [-0.25, -0.2) is 19.4 Å². The normalized spacial score (nSPS) is 21.0. The molecule has 0 amide bonds. The molecule has 2 atom stereocenters. The molecule has 1 aromatic carbocycles. The van der Waals surface area contributed by atoms with Gasteiger partial charge in [-0.3, -0.25) is 0 Å². The van der Waals surface area contributed by atoms with Crippen molar-refractivity contribution in [3.05, 3.63) is 35.9 Å². The zero-order valence-corrected chi connectivity index (χ0v) is 12.1. The predicted octanol–water partition coefficient (Wildman–Crippen LogP) is 2.51. The summed E-state index contributed by atoms with van der Waals surface area (Å²) in [5, 5.41) is 3.18. The molecule has 1 aliphatic rings. The number of alkyl halides is 3. The molecular formula is C15H16F3NO4. The molecule has 1 aromatic rings. The molecule has 5 nitrogen and oxygen atoms in total. The van der Waals surface area contributed by atoms with Gasteiger partial charge in [0, 0.05) is 12.6 Å². The van der Waals surface area contributed by atoms with Crippen molar-refractivity contribution in [3.8, 4) is 0 Å². The Kier molecular flexibility index (Phi) is 5.59. The van der Waals surface area contributed by atoms with Crippen LogP contribution < -0.4 is 5.32 Å². The summed E-state index contributed by atoms with van der Waals surface area (Å²) in [6.45, 7) is 0.525. The van der Waals surface area contributed by atoms with Crippen LogP contribution in [0.3, 0.4) is 0 Å². The lowest BCUT2D eigenvalue weighted by Gasteiger charge is -2.19.